The second-order valence-corrected chi connectivity index (χ2v) is 10.6. The van der Waals surface area contributed by atoms with E-state index in [0.29, 0.717) is 35.3 Å². The van der Waals surface area contributed by atoms with Gasteiger partial charge in [-0.1, -0.05) is 11.6 Å². The summed E-state index contributed by atoms with van der Waals surface area (Å²) in [5.41, 5.74) is 9.83. The SMILES string of the molecule is CN1CCC(NC(=O)N2Cc3c(-c4[nH]c5ncccc5c4Cl)c4c(N)ncnc4n3C(C)(C)C2)C1. The molecule has 0 aromatic carbocycles. The van der Waals surface area contributed by atoms with Crippen LogP contribution in [0.5, 0.6) is 0 Å². The molecule has 1 saturated heterocycles. The van der Waals surface area contributed by atoms with Gasteiger partial charge in [-0.25, -0.2) is 19.7 Å². The molecule has 0 radical (unpaired) electrons. The molecule has 6 heterocycles. The van der Waals surface area contributed by atoms with Crippen molar-refractivity contribution >= 4 is 45.5 Å². The lowest BCUT2D eigenvalue weighted by Gasteiger charge is -2.41. The van der Waals surface area contributed by atoms with Gasteiger partial charge < -0.3 is 30.4 Å². The first-order chi connectivity index (χ1) is 16.7. The molecule has 11 heteroatoms. The molecule has 2 amide bonds. The van der Waals surface area contributed by atoms with Crippen LogP contribution in [0.1, 0.15) is 26.0 Å². The number of H-pyrrole nitrogens is 1. The monoisotopic (exact) mass is 493 g/mol. The van der Waals surface area contributed by atoms with E-state index in [1.54, 1.807) is 6.20 Å². The van der Waals surface area contributed by atoms with Gasteiger partial charge >= 0.3 is 6.03 Å². The van der Waals surface area contributed by atoms with Crippen LogP contribution in [-0.4, -0.2) is 73.1 Å². The van der Waals surface area contributed by atoms with E-state index in [4.69, 9.17) is 17.3 Å². The van der Waals surface area contributed by atoms with Crippen molar-refractivity contribution in [3.05, 3.63) is 35.4 Å². The Kier molecular flexibility index (Phi) is 4.94. The number of nitrogens with zero attached hydrogens (tertiary/aromatic N) is 6. The molecule has 0 spiro atoms. The number of likely N-dealkylation sites (tertiary alicyclic amines) is 1. The molecule has 1 fully saturated rings. The number of rotatable bonds is 2. The number of carbonyl (C=O) groups is 1. The zero-order valence-electron chi connectivity index (χ0n) is 20.0. The van der Waals surface area contributed by atoms with E-state index in [0.717, 1.165) is 47.2 Å². The highest BCUT2D eigenvalue weighted by Gasteiger charge is 2.40. The van der Waals surface area contributed by atoms with Gasteiger partial charge in [0.1, 0.15) is 23.4 Å². The van der Waals surface area contributed by atoms with Gasteiger partial charge in [-0.15, -0.1) is 0 Å². The van der Waals surface area contributed by atoms with Crippen molar-refractivity contribution in [3.8, 4) is 11.3 Å². The van der Waals surface area contributed by atoms with Crippen LogP contribution in [0.2, 0.25) is 5.02 Å². The minimum absolute atomic E-state index is 0.0655. The normalized spacial score (nSPS) is 20.0. The molecule has 4 N–H and O–H groups in total. The van der Waals surface area contributed by atoms with Crippen LogP contribution in [-0.2, 0) is 12.1 Å². The van der Waals surface area contributed by atoms with Crippen molar-refractivity contribution in [1.29, 1.82) is 0 Å². The summed E-state index contributed by atoms with van der Waals surface area (Å²) in [6.07, 6.45) is 4.16. The molecule has 35 heavy (non-hydrogen) atoms. The van der Waals surface area contributed by atoms with Crippen LogP contribution in [0, 0.1) is 0 Å². The Morgan fingerprint density at radius 1 is 1.31 bits per heavy atom. The fourth-order valence-corrected chi connectivity index (χ4v) is 5.95. The number of nitrogens with two attached hydrogens (primary N) is 1. The largest absolute Gasteiger partial charge is 0.383 e. The average molecular weight is 494 g/mol. The number of hydrogen-bond donors (Lipinski definition) is 3. The third kappa shape index (κ3) is 3.42. The maximum absolute atomic E-state index is 13.4. The van der Waals surface area contributed by atoms with Crippen LogP contribution in [0.4, 0.5) is 10.6 Å². The zero-order valence-corrected chi connectivity index (χ0v) is 20.7. The molecule has 6 rings (SSSR count). The molecule has 4 aromatic rings. The lowest BCUT2D eigenvalue weighted by Crippen LogP contribution is -2.53. The lowest BCUT2D eigenvalue weighted by atomic mass is 9.99. The first-order valence-corrected chi connectivity index (χ1v) is 12.1. The first kappa shape index (κ1) is 22.1. The number of aromatic nitrogens is 5. The zero-order chi connectivity index (χ0) is 24.5. The number of halogens is 1. The van der Waals surface area contributed by atoms with Crippen LogP contribution in [0.3, 0.4) is 0 Å². The second-order valence-electron chi connectivity index (χ2n) is 10.2. The Labute approximate surface area is 207 Å². The highest BCUT2D eigenvalue weighted by molar-refractivity contribution is 6.38. The molecule has 1 unspecified atom stereocenters. The first-order valence-electron chi connectivity index (χ1n) is 11.8. The average Bonchev–Trinajstić information content (AvgIpc) is 3.48. The Morgan fingerprint density at radius 3 is 2.89 bits per heavy atom. The van der Waals surface area contributed by atoms with Gasteiger partial charge in [-0.3, -0.25) is 0 Å². The van der Waals surface area contributed by atoms with Crippen molar-refractivity contribution in [1.82, 2.24) is 39.6 Å². The number of carbonyl (C=O) groups excluding carboxylic acids is 1. The molecule has 0 bridgehead atoms. The summed E-state index contributed by atoms with van der Waals surface area (Å²) >= 11 is 6.88. The Bertz CT molecular complexity index is 1470. The number of amides is 2. The molecule has 2 aliphatic heterocycles. The van der Waals surface area contributed by atoms with Gasteiger partial charge in [0.15, 0.2) is 0 Å². The van der Waals surface area contributed by atoms with E-state index in [1.165, 1.54) is 6.33 Å². The summed E-state index contributed by atoms with van der Waals surface area (Å²) in [6.45, 7) is 6.98. The fourth-order valence-electron chi connectivity index (χ4n) is 5.65. The fraction of sp³-hybridized carbons (Fsp3) is 0.417. The molecule has 182 valence electrons. The molecule has 1 atom stereocenters. The molecule has 0 aliphatic carbocycles. The van der Waals surface area contributed by atoms with Gasteiger partial charge in [0, 0.05) is 42.0 Å². The molecule has 0 saturated carbocycles. The minimum Gasteiger partial charge on any atom is -0.383 e. The number of fused-ring (bicyclic) bond motifs is 4. The van der Waals surface area contributed by atoms with Gasteiger partial charge in [-0.2, -0.15) is 0 Å². The predicted octanol–water partition coefficient (Wildman–Crippen LogP) is 3.17. The Hall–Kier alpha value is -3.37. The van der Waals surface area contributed by atoms with E-state index in [9.17, 15) is 4.79 Å². The number of anilines is 1. The van der Waals surface area contributed by atoms with E-state index in [-0.39, 0.29) is 12.1 Å². The van der Waals surface area contributed by atoms with Crippen molar-refractivity contribution in [3.63, 3.8) is 0 Å². The van der Waals surface area contributed by atoms with Crippen molar-refractivity contribution < 1.29 is 4.79 Å². The summed E-state index contributed by atoms with van der Waals surface area (Å²) in [7, 11) is 2.07. The molecular formula is C24H28ClN9O. The second kappa shape index (κ2) is 7.82. The van der Waals surface area contributed by atoms with Crippen LogP contribution >= 0.6 is 11.6 Å². The summed E-state index contributed by atoms with van der Waals surface area (Å²) in [6, 6.07) is 3.87. The highest BCUT2D eigenvalue weighted by Crippen LogP contribution is 2.45. The third-order valence-corrected chi connectivity index (χ3v) is 7.56. The quantitative estimate of drug-likeness (QED) is 0.394. The van der Waals surface area contributed by atoms with Gasteiger partial charge in [0.25, 0.3) is 0 Å². The highest BCUT2D eigenvalue weighted by atomic mass is 35.5. The minimum atomic E-state index is -0.439. The third-order valence-electron chi connectivity index (χ3n) is 7.16. The van der Waals surface area contributed by atoms with E-state index < -0.39 is 5.54 Å². The van der Waals surface area contributed by atoms with Crippen molar-refractivity contribution in [2.75, 3.05) is 32.4 Å². The summed E-state index contributed by atoms with van der Waals surface area (Å²) < 4.78 is 2.18. The van der Waals surface area contributed by atoms with Gasteiger partial charge in [-0.05, 0) is 46.0 Å². The molecular weight excluding hydrogens is 466 g/mol. The summed E-state index contributed by atoms with van der Waals surface area (Å²) in [5, 5.41) is 5.33. The standard InChI is InChI=1S/C24H28ClN9O/c1-24(2)11-33(23(35)30-13-6-8-32(3)9-13)10-15-16(17-20(26)28-12-29-22(17)34(15)24)19-18(25)14-5-4-7-27-21(14)31-19/h4-5,7,12-13H,6,8-11H2,1-3H3,(H,27,31)(H,30,35)(H2,26,28,29). The number of hydrogen-bond acceptors (Lipinski definition) is 6. The van der Waals surface area contributed by atoms with Gasteiger partial charge in [0.05, 0.1) is 28.2 Å². The predicted molar refractivity (Wildman–Crippen MR) is 136 cm³/mol. The van der Waals surface area contributed by atoms with Crippen LogP contribution in [0.15, 0.2) is 24.7 Å². The van der Waals surface area contributed by atoms with E-state index in [1.807, 2.05) is 17.0 Å². The van der Waals surface area contributed by atoms with Crippen molar-refractivity contribution in [2.45, 2.75) is 38.4 Å². The Morgan fingerprint density at radius 2 is 2.14 bits per heavy atom. The number of aromatic amines is 1. The number of nitrogen functional groups attached to an aromatic ring is 1. The van der Waals surface area contributed by atoms with Crippen molar-refractivity contribution in [2.24, 2.45) is 0 Å². The maximum atomic E-state index is 13.4. The Balaban J connectivity index is 1.52. The van der Waals surface area contributed by atoms with E-state index in [2.05, 4.69) is 55.6 Å². The molecule has 2 aliphatic rings. The number of likely N-dealkylation sites (N-methyl/N-ethyl adjacent to an activating group) is 1. The van der Waals surface area contributed by atoms with Gasteiger partial charge in [0.2, 0.25) is 0 Å². The van der Waals surface area contributed by atoms with Crippen LogP contribution < -0.4 is 11.1 Å². The summed E-state index contributed by atoms with van der Waals surface area (Å²) in [4.78, 5) is 34.2. The topological polar surface area (TPSA) is 121 Å². The number of nitrogens with one attached hydrogen (secondary N) is 2. The maximum Gasteiger partial charge on any atom is 0.318 e. The lowest BCUT2D eigenvalue weighted by molar-refractivity contribution is 0.140. The smallest absolute Gasteiger partial charge is 0.318 e. The number of pyridine rings is 1. The number of urea groups is 1. The molecule has 10 nitrogen and oxygen atoms in total. The molecule has 4 aromatic heterocycles. The van der Waals surface area contributed by atoms with Crippen LogP contribution in [0.25, 0.3) is 33.3 Å². The summed E-state index contributed by atoms with van der Waals surface area (Å²) in [5.74, 6) is 0.371. The van der Waals surface area contributed by atoms with E-state index >= 15 is 0 Å².